The third-order valence-electron chi connectivity index (χ3n) is 11.0. The summed E-state index contributed by atoms with van der Waals surface area (Å²) in [6.07, 6.45) is 8.04. The lowest BCUT2D eigenvalue weighted by molar-refractivity contribution is 0.183. The molecule has 5 heteroatoms. The Kier molecular flexibility index (Phi) is 10.5. The van der Waals surface area contributed by atoms with Gasteiger partial charge in [0.25, 0.3) is 0 Å². The van der Waals surface area contributed by atoms with E-state index in [4.69, 9.17) is 10.7 Å². The van der Waals surface area contributed by atoms with Gasteiger partial charge in [-0.05, 0) is 81.9 Å². The molecule has 0 radical (unpaired) electrons. The second-order valence-electron chi connectivity index (χ2n) is 14.7. The molecule has 2 N–H and O–H groups in total. The van der Waals surface area contributed by atoms with Gasteiger partial charge in [0, 0.05) is 49.9 Å². The number of nitrogens with two attached hydrogens (primary N) is 1. The van der Waals surface area contributed by atoms with Crippen molar-refractivity contribution in [3.8, 4) is 11.1 Å². The van der Waals surface area contributed by atoms with Crippen LogP contribution in [0.3, 0.4) is 0 Å². The average molecular weight is 769 g/mol. The van der Waals surface area contributed by atoms with E-state index >= 15 is 0 Å². The molecule has 0 saturated carbocycles. The second kappa shape index (κ2) is 16.5. The Bertz CT molecular complexity index is 2820. The first-order valence-corrected chi connectivity index (χ1v) is 20.5. The van der Waals surface area contributed by atoms with E-state index in [1.807, 2.05) is 48.9 Å². The molecule has 1 aromatic heterocycles. The normalized spacial score (nSPS) is 15.7. The first-order chi connectivity index (χ1) is 28.5. The molecule has 4 nitrogen and oxygen atoms in total. The number of rotatable bonds is 9. The van der Waals surface area contributed by atoms with Crippen LogP contribution >= 0.6 is 11.3 Å². The van der Waals surface area contributed by atoms with Crippen molar-refractivity contribution in [1.82, 2.24) is 4.90 Å². The van der Waals surface area contributed by atoms with Gasteiger partial charge in [0.15, 0.2) is 0 Å². The monoisotopic (exact) mass is 768 g/mol. The predicted molar refractivity (Wildman–Crippen MR) is 249 cm³/mol. The number of thiophene rings is 1. The standard InChI is InChI=1S/C53H44N4S/c1-37-33-42(39-18-6-3-7-19-39)24-16-32-57(49-35-43(30-31-45(37)49)46-27-15-28-48-47-26-12-13-29-50(47)58-51(46)48)44-25-14-17-38(34-44)36-55-53(41-22-10-5-11-23-41)56(2)52(54)40-20-8-4-9-21-40/h3-31,33-36,52-53H,1,32,54H2,2H3/b24-16-,42-33+,55-36+. The zero-order valence-corrected chi connectivity index (χ0v) is 33.3. The van der Waals surface area contributed by atoms with Gasteiger partial charge in [-0.15, -0.1) is 11.3 Å². The molecular formula is C53H44N4S. The van der Waals surface area contributed by atoms with Gasteiger partial charge in [-0.25, -0.2) is 0 Å². The van der Waals surface area contributed by atoms with Crippen LogP contribution in [0.5, 0.6) is 0 Å². The summed E-state index contributed by atoms with van der Waals surface area (Å²) >= 11 is 1.86. The first-order valence-electron chi connectivity index (χ1n) is 19.7. The summed E-state index contributed by atoms with van der Waals surface area (Å²) in [7, 11) is 2.04. The largest absolute Gasteiger partial charge is 0.337 e. The number of benzene rings is 7. The van der Waals surface area contributed by atoms with Gasteiger partial charge in [-0.1, -0.05) is 170 Å². The van der Waals surface area contributed by atoms with Gasteiger partial charge >= 0.3 is 0 Å². The Morgan fingerprint density at radius 3 is 2.17 bits per heavy atom. The Labute approximate surface area is 344 Å². The van der Waals surface area contributed by atoms with Crippen LogP contribution in [0.4, 0.5) is 11.4 Å². The minimum atomic E-state index is -0.335. The van der Waals surface area contributed by atoms with Gasteiger partial charge in [-0.3, -0.25) is 9.89 Å². The van der Waals surface area contributed by atoms with E-state index in [2.05, 4.69) is 186 Å². The molecule has 7 aromatic carbocycles. The highest BCUT2D eigenvalue weighted by molar-refractivity contribution is 7.26. The lowest BCUT2D eigenvalue weighted by Gasteiger charge is -2.31. The van der Waals surface area contributed by atoms with Gasteiger partial charge in [0.05, 0.1) is 6.17 Å². The number of hydrogen-bond acceptors (Lipinski definition) is 5. The summed E-state index contributed by atoms with van der Waals surface area (Å²) in [6, 6.07) is 62.0. The lowest BCUT2D eigenvalue weighted by atomic mass is 9.95. The van der Waals surface area contributed by atoms with E-state index in [1.54, 1.807) is 0 Å². The van der Waals surface area contributed by atoms with Crippen LogP contribution in [0, 0.1) is 0 Å². The van der Waals surface area contributed by atoms with Crippen molar-refractivity contribution >= 4 is 60.2 Å². The molecule has 0 spiro atoms. The maximum atomic E-state index is 6.84. The number of aliphatic imine (C=N–C) groups is 1. The van der Waals surface area contributed by atoms with Crippen molar-refractivity contribution in [3.63, 3.8) is 0 Å². The number of hydrogen-bond donors (Lipinski definition) is 1. The molecule has 58 heavy (non-hydrogen) atoms. The molecule has 1 aliphatic heterocycles. The van der Waals surface area contributed by atoms with Crippen molar-refractivity contribution in [1.29, 1.82) is 0 Å². The van der Waals surface area contributed by atoms with E-state index in [0.29, 0.717) is 6.54 Å². The van der Waals surface area contributed by atoms with E-state index in [0.717, 1.165) is 50.3 Å². The molecule has 2 atom stereocenters. The molecule has 2 unspecified atom stereocenters. The fourth-order valence-electron chi connectivity index (χ4n) is 7.94. The third kappa shape index (κ3) is 7.47. The van der Waals surface area contributed by atoms with Gasteiger partial charge in [0.2, 0.25) is 0 Å². The summed E-state index contributed by atoms with van der Waals surface area (Å²) in [4.78, 5) is 9.73. The van der Waals surface area contributed by atoms with E-state index in [-0.39, 0.29) is 12.3 Å². The molecule has 2 heterocycles. The molecule has 282 valence electrons. The van der Waals surface area contributed by atoms with Crippen LogP contribution in [0.25, 0.3) is 42.4 Å². The average Bonchev–Trinajstić information content (AvgIpc) is 3.69. The zero-order chi connectivity index (χ0) is 39.4. The highest BCUT2D eigenvalue weighted by atomic mass is 32.1. The SMILES string of the molecule is C=C1/C=C(c2ccccc2)\C=C/CN(c2cccc(/C=N/C(c3ccccc3)N(C)C(N)c3ccccc3)c2)c2cc(-c3cccc4c3sc3ccccc34)ccc21. The molecule has 9 rings (SSSR count). The molecule has 1 aliphatic rings. The maximum absolute atomic E-state index is 6.84. The molecule has 0 saturated heterocycles. The zero-order valence-electron chi connectivity index (χ0n) is 32.4. The topological polar surface area (TPSA) is 44.9 Å². The number of nitrogens with zero attached hydrogens (tertiary/aromatic N) is 3. The number of fused-ring (bicyclic) bond motifs is 4. The quantitative estimate of drug-likeness (QED) is 0.117. The predicted octanol–water partition coefficient (Wildman–Crippen LogP) is 13.2. The van der Waals surface area contributed by atoms with Crippen LogP contribution in [0.15, 0.2) is 206 Å². The molecule has 8 aromatic rings. The van der Waals surface area contributed by atoms with Crippen molar-refractivity contribution in [2.24, 2.45) is 10.7 Å². The smallest absolute Gasteiger partial charge is 0.129 e. The van der Waals surface area contributed by atoms with E-state index in [9.17, 15) is 0 Å². The molecular weight excluding hydrogens is 725 g/mol. The summed E-state index contributed by atoms with van der Waals surface area (Å²) in [5.74, 6) is 0. The van der Waals surface area contributed by atoms with Gasteiger partial charge < -0.3 is 10.6 Å². The minimum absolute atomic E-state index is 0.293. The fourth-order valence-corrected chi connectivity index (χ4v) is 9.18. The van der Waals surface area contributed by atoms with Crippen LogP contribution < -0.4 is 10.6 Å². The second-order valence-corrected chi connectivity index (χ2v) is 15.7. The third-order valence-corrected chi connectivity index (χ3v) is 12.2. The number of allylic oxidation sites excluding steroid dienone is 4. The van der Waals surface area contributed by atoms with Crippen LogP contribution in [-0.4, -0.2) is 24.7 Å². The highest BCUT2D eigenvalue weighted by Crippen LogP contribution is 2.43. The summed E-state index contributed by atoms with van der Waals surface area (Å²) < 4.78 is 2.60. The van der Waals surface area contributed by atoms with Crippen molar-refractivity contribution < 1.29 is 0 Å². The molecule has 0 bridgehead atoms. The van der Waals surface area contributed by atoms with Crippen molar-refractivity contribution in [2.45, 2.75) is 12.3 Å². The Balaban J connectivity index is 1.13. The highest BCUT2D eigenvalue weighted by Gasteiger charge is 2.23. The van der Waals surface area contributed by atoms with E-state index < -0.39 is 0 Å². The fraction of sp³-hybridized carbons (Fsp3) is 0.0755. The lowest BCUT2D eigenvalue weighted by Crippen LogP contribution is -2.34. The Morgan fingerprint density at radius 2 is 1.38 bits per heavy atom. The van der Waals surface area contributed by atoms with Gasteiger partial charge in [0.1, 0.15) is 6.17 Å². The van der Waals surface area contributed by atoms with Crippen LogP contribution in [0.1, 0.15) is 40.1 Å². The van der Waals surface area contributed by atoms with Crippen molar-refractivity contribution in [2.75, 3.05) is 18.5 Å². The Morgan fingerprint density at radius 1 is 0.690 bits per heavy atom. The minimum Gasteiger partial charge on any atom is -0.337 e. The summed E-state index contributed by atoms with van der Waals surface area (Å²) in [5, 5.41) is 2.59. The maximum Gasteiger partial charge on any atom is 0.129 e. The number of anilines is 2. The van der Waals surface area contributed by atoms with Gasteiger partial charge in [-0.2, -0.15) is 0 Å². The van der Waals surface area contributed by atoms with Crippen molar-refractivity contribution in [3.05, 3.63) is 229 Å². The Hall–Kier alpha value is -6.63. The summed E-state index contributed by atoms with van der Waals surface area (Å²) in [6.45, 7) is 5.32. The molecule has 0 aliphatic carbocycles. The first kappa shape index (κ1) is 37.0. The molecule has 0 amide bonds. The summed E-state index contributed by atoms with van der Waals surface area (Å²) in [5.41, 5.74) is 18.8. The molecule has 0 fully saturated rings. The van der Waals surface area contributed by atoms with E-state index in [1.165, 1.54) is 31.3 Å². The van der Waals surface area contributed by atoms with Crippen LogP contribution in [-0.2, 0) is 0 Å². The van der Waals surface area contributed by atoms with Crippen LogP contribution in [0.2, 0.25) is 0 Å².